The maximum atomic E-state index is 12.5. The summed E-state index contributed by atoms with van der Waals surface area (Å²) >= 11 is 0. The van der Waals surface area contributed by atoms with Crippen molar-refractivity contribution in [3.05, 3.63) is 22.5 Å². The fourth-order valence-corrected chi connectivity index (χ4v) is 2.53. The van der Waals surface area contributed by atoms with Gasteiger partial charge in [0.25, 0.3) is 5.91 Å². The maximum absolute atomic E-state index is 12.5. The van der Waals surface area contributed by atoms with Gasteiger partial charge in [-0.15, -0.1) is 0 Å². The minimum atomic E-state index is -0.425. The molecule has 1 fully saturated rings. The molecule has 0 bridgehead atoms. The molecule has 1 saturated heterocycles. The minimum Gasteiger partial charge on any atom is -0.465 e. The van der Waals surface area contributed by atoms with Crippen molar-refractivity contribution in [1.29, 1.82) is 0 Å². The van der Waals surface area contributed by atoms with Gasteiger partial charge in [-0.3, -0.25) is 4.79 Å². The number of ether oxygens (including phenoxy) is 2. The highest BCUT2D eigenvalue weighted by Crippen LogP contribution is 2.21. The summed E-state index contributed by atoms with van der Waals surface area (Å²) in [5.41, 5.74) is 2.19. The van der Waals surface area contributed by atoms with E-state index in [0.717, 1.165) is 0 Å². The Kier molecular flexibility index (Phi) is 4.13. The molecule has 0 aliphatic carbocycles. The molecule has 1 atom stereocenters. The number of aromatic amines is 1. The molecule has 1 aliphatic rings. The van der Waals surface area contributed by atoms with Crippen LogP contribution in [0.2, 0.25) is 0 Å². The van der Waals surface area contributed by atoms with Gasteiger partial charge in [-0.05, 0) is 26.3 Å². The topological polar surface area (TPSA) is 71.6 Å². The molecule has 1 aromatic rings. The van der Waals surface area contributed by atoms with Crippen LogP contribution in [0.4, 0.5) is 0 Å². The van der Waals surface area contributed by atoms with Gasteiger partial charge in [-0.2, -0.15) is 0 Å². The summed E-state index contributed by atoms with van der Waals surface area (Å²) in [5, 5.41) is 0. The summed E-state index contributed by atoms with van der Waals surface area (Å²) in [7, 11) is 1.33. The maximum Gasteiger partial charge on any atom is 0.339 e. The fraction of sp³-hybridized carbons (Fsp3) is 0.571. The van der Waals surface area contributed by atoms with Crippen LogP contribution >= 0.6 is 0 Å². The number of carbonyl (C=O) groups is 2. The number of hydrogen-bond donors (Lipinski definition) is 1. The van der Waals surface area contributed by atoms with E-state index in [9.17, 15) is 9.59 Å². The first-order valence-corrected chi connectivity index (χ1v) is 6.64. The molecule has 110 valence electrons. The first-order chi connectivity index (χ1) is 9.45. The van der Waals surface area contributed by atoms with Crippen LogP contribution in [0.1, 0.15) is 39.0 Å². The highest BCUT2D eigenvalue weighted by Gasteiger charge is 2.28. The van der Waals surface area contributed by atoms with Gasteiger partial charge in [0.05, 0.1) is 25.4 Å². The zero-order chi connectivity index (χ0) is 14.9. The highest BCUT2D eigenvalue weighted by molar-refractivity contribution is 6.00. The van der Waals surface area contributed by atoms with Crippen molar-refractivity contribution >= 4 is 11.9 Å². The molecule has 1 aromatic heterocycles. The Hall–Kier alpha value is -1.82. The number of carbonyl (C=O) groups excluding carboxylic acids is 2. The van der Waals surface area contributed by atoms with Gasteiger partial charge in [0.1, 0.15) is 5.69 Å². The molecule has 0 unspecified atom stereocenters. The van der Waals surface area contributed by atoms with E-state index in [4.69, 9.17) is 9.47 Å². The van der Waals surface area contributed by atoms with Crippen molar-refractivity contribution in [1.82, 2.24) is 9.88 Å². The molecular weight excluding hydrogens is 260 g/mol. The summed E-state index contributed by atoms with van der Waals surface area (Å²) in [6.07, 6.45) is 0.0316. The third-order valence-electron chi connectivity index (χ3n) is 3.57. The third-order valence-corrected chi connectivity index (χ3v) is 3.57. The Bertz CT molecular complexity index is 536. The molecule has 0 radical (unpaired) electrons. The van der Waals surface area contributed by atoms with Crippen LogP contribution in [0, 0.1) is 13.8 Å². The molecule has 6 heteroatoms. The van der Waals surface area contributed by atoms with E-state index in [1.807, 2.05) is 6.92 Å². The lowest BCUT2D eigenvalue weighted by molar-refractivity contribution is -0.0126. The number of morpholine rings is 1. The minimum absolute atomic E-state index is 0.0316. The smallest absolute Gasteiger partial charge is 0.339 e. The average molecular weight is 280 g/mol. The number of esters is 1. The first kappa shape index (κ1) is 14.6. The Morgan fingerprint density at radius 2 is 2.10 bits per heavy atom. The number of aromatic nitrogens is 1. The predicted octanol–water partition coefficient (Wildman–Crippen LogP) is 1.28. The van der Waals surface area contributed by atoms with E-state index in [2.05, 4.69) is 4.98 Å². The lowest BCUT2D eigenvalue weighted by Crippen LogP contribution is -2.44. The molecule has 0 saturated carbocycles. The van der Waals surface area contributed by atoms with Gasteiger partial charge in [-0.1, -0.05) is 0 Å². The highest BCUT2D eigenvalue weighted by atomic mass is 16.5. The van der Waals surface area contributed by atoms with Crippen molar-refractivity contribution in [3.63, 3.8) is 0 Å². The summed E-state index contributed by atoms with van der Waals surface area (Å²) in [5.74, 6) is -0.526. The molecule has 1 amide bonds. The number of amides is 1. The van der Waals surface area contributed by atoms with Gasteiger partial charge in [0.15, 0.2) is 0 Å². The molecule has 6 nitrogen and oxygen atoms in total. The van der Waals surface area contributed by atoms with Crippen molar-refractivity contribution in [2.45, 2.75) is 26.9 Å². The fourth-order valence-electron chi connectivity index (χ4n) is 2.53. The van der Waals surface area contributed by atoms with Gasteiger partial charge in [0, 0.05) is 18.8 Å². The number of nitrogens with zero attached hydrogens (tertiary/aromatic N) is 1. The molecule has 0 aromatic carbocycles. The summed E-state index contributed by atoms with van der Waals surface area (Å²) in [6, 6.07) is 0. The Balaban J connectivity index is 2.29. The number of aryl methyl sites for hydroxylation is 1. The quantitative estimate of drug-likeness (QED) is 0.828. The van der Waals surface area contributed by atoms with Gasteiger partial charge in [0.2, 0.25) is 0 Å². The van der Waals surface area contributed by atoms with E-state index < -0.39 is 5.97 Å². The number of methoxy groups -OCH3 is 1. The van der Waals surface area contributed by atoms with Gasteiger partial charge in [-0.25, -0.2) is 4.79 Å². The summed E-state index contributed by atoms with van der Waals surface area (Å²) in [4.78, 5) is 29.0. The van der Waals surface area contributed by atoms with E-state index in [1.54, 1.807) is 18.7 Å². The standard InChI is InChI=1S/C14H20N2O4/c1-8-7-16(5-6-20-8)13(17)12-9(2)11(10(3)15-12)14(18)19-4/h8,15H,5-7H2,1-4H3/t8-/m0/s1. The lowest BCUT2D eigenvalue weighted by Gasteiger charge is -2.31. The van der Waals surface area contributed by atoms with Crippen molar-refractivity contribution in [2.24, 2.45) is 0 Å². The van der Waals surface area contributed by atoms with Crippen LogP contribution in [0.3, 0.4) is 0 Å². The normalized spacial score (nSPS) is 19.0. The van der Waals surface area contributed by atoms with E-state index >= 15 is 0 Å². The van der Waals surface area contributed by atoms with Crippen LogP contribution < -0.4 is 0 Å². The second-order valence-electron chi connectivity index (χ2n) is 5.05. The van der Waals surface area contributed by atoms with Crippen molar-refractivity contribution in [3.8, 4) is 0 Å². The van der Waals surface area contributed by atoms with E-state index in [0.29, 0.717) is 42.2 Å². The van der Waals surface area contributed by atoms with E-state index in [-0.39, 0.29) is 12.0 Å². The molecule has 20 heavy (non-hydrogen) atoms. The second kappa shape index (κ2) is 5.66. The molecule has 1 N–H and O–H groups in total. The number of hydrogen-bond acceptors (Lipinski definition) is 4. The first-order valence-electron chi connectivity index (χ1n) is 6.64. The molecule has 1 aliphatic heterocycles. The lowest BCUT2D eigenvalue weighted by atomic mass is 10.1. The molecule has 2 rings (SSSR count). The zero-order valence-electron chi connectivity index (χ0n) is 12.3. The third kappa shape index (κ3) is 2.56. The molecule has 0 spiro atoms. The number of rotatable bonds is 2. The Morgan fingerprint density at radius 3 is 2.70 bits per heavy atom. The van der Waals surface area contributed by atoms with Gasteiger partial charge >= 0.3 is 5.97 Å². The molecule has 2 heterocycles. The van der Waals surface area contributed by atoms with Crippen LogP contribution in [0.5, 0.6) is 0 Å². The van der Waals surface area contributed by atoms with Gasteiger partial charge < -0.3 is 19.4 Å². The SMILES string of the molecule is COC(=O)c1c(C)[nH]c(C(=O)N2CCO[C@@H](C)C2)c1C. The summed E-state index contributed by atoms with van der Waals surface area (Å²) in [6.45, 7) is 7.12. The number of nitrogens with one attached hydrogen (secondary N) is 1. The molecular formula is C14H20N2O4. The van der Waals surface area contributed by atoms with Crippen LogP contribution in [0.15, 0.2) is 0 Å². The monoisotopic (exact) mass is 280 g/mol. The number of H-pyrrole nitrogens is 1. The largest absolute Gasteiger partial charge is 0.465 e. The summed E-state index contributed by atoms with van der Waals surface area (Å²) < 4.78 is 10.2. The van der Waals surface area contributed by atoms with Crippen molar-refractivity contribution in [2.75, 3.05) is 26.8 Å². The Labute approximate surface area is 118 Å². The van der Waals surface area contributed by atoms with Crippen LogP contribution in [-0.4, -0.2) is 54.7 Å². The average Bonchev–Trinajstić information content (AvgIpc) is 2.72. The van der Waals surface area contributed by atoms with Crippen LogP contribution in [-0.2, 0) is 9.47 Å². The predicted molar refractivity (Wildman–Crippen MR) is 72.9 cm³/mol. The second-order valence-corrected chi connectivity index (χ2v) is 5.05. The van der Waals surface area contributed by atoms with Crippen molar-refractivity contribution < 1.29 is 19.1 Å². The zero-order valence-corrected chi connectivity index (χ0v) is 12.3. The van der Waals surface area contributed by atoms with E-state index in [1.165, 1.54) is 7.11 Å². The Morgan fingerprint density at radius 1 is 1.40 bits per heavy atom. The van der Waals surface area contributed by atoms with Crippen LogP contribution in [0.25, 0.3) is 0 Å².